The van der Waals surface area contributed by atoms with E-state index in [1.807, 2.05) is 6.92 Å². The number of nitro benzene ring substituents is 1. The molecule has 0 bridgehead atoms. The summed E-state index contributed by atoms with van der Waals surface area (Å²) in [5.74, 6) is 0.188. The van der Waals surface area contributed by atoms with Gasteiger partial charge in [0.05, 0.1) is 11.5 Å². The summed E-state index contributed by atoms with van der Waals surface area (Å²) in [4.78, 5) is 22.0. The summed E-state index contributed by atoms with van der Waals surface area (Å²) in [6.07, 6.45) is 0.161. The van der Waals surface area contributed by atoms with Crippen molar-refractivity contribution in [1.82, 2.24) is 5.32 Å². The summed E-state index contributed by atoms with van der Waals surface area (Å²) in [6.45, 7) is 7.53. The zero-order valence-electron chi connectivity index (χ0n) is 13.3. The van der Waals surface area contributed by atoms with Crippen LogP contribution >= 0.6 is 0 Å². The van der Waals surface area contributed by atoms with Gasteiger partial charge in [0, 0.05) is 6.07 Å². The second-order valence-corrected chi connectivity index (χ2v) is 5.69. The average molecular weight is 310 g/mol. The van der Waals surface area contributed by atoms with Gasteiger partial charge in [-0.25, -0.2) is 4.79 Å². The molecule has 122 valence electrons. The lowest BCUT2D eigenvalue weighted by Gasteiger charge is -2.19. The van der Waals surface area contributed by atoms with Gasteiger partial charge >= 0.3 is 11.8 Å². The molecule has 1 rings (SSSR count). The molecule has 7 nitrogen and oxygen atoms in total. The van der Waals surface area contributed by atoms with Crippen LogP contribution in [-0.4, -0.2) is 29.8 Å². The predicted octanol–water partition coefficient (Wildman–Crippen LogP) is 3.06. The summed E-state index contributed by atoms with van der Waals surface area (Å²) in [7, 11) is 0. The molecular formula is C15H22N2O5. The Hall–Kier alpha value is -2.31. The Morgan fingerprint density at radius 3 is 2.59 bits per heavy atom. The van der Waals surface area contributed by atoms with E-state index in [2.05, 4.69) is 5.32 Å². The summed E-state index contributed by atoms with van der Waals surface area (Å²) < 4.78 is 10.4. The SMILES string of the molecule is CCc1ccc(OCCNC(=O)OC(C)(C)C)c([N+](=O)[O-])c1. The van der Waals surface area contributed by atoms with Crippen LogP contribution in [-0.2, 0) is 11.2 Å². The Morgan fingerprint density at radius 1 is 1.36 bits per heavy atom. The fourth-order valence-corrected chi connectivity index (χ4v) is 1.68. The molecule has 0 radical (unpaired) electrons. The normalized spacial score (nSPS) is 10.9. The third-order valence-corrected chi connectivity index (χ3v) is 2.66. The Morgan fingerprint density at radius 2 is 2.05 bits per heavy atom. The lowest BCUT2D eigenvalue weighted by Crippen LogP contribution is -2.34. The van der Waals surface area contributed by atoms with Gasteiger partial charge < -0.3 is 14.8 Å². The number of hydrogen-bond donors (Lipinski definition) is 1. The van der Waals surface area contributed by atoms with Crippen LogP contribution in [0.5, 0.6) is 5.75 Å². The van der Waals surface area contributed by atoms with E-state index in [0.29, 0.717) is 6.42 Å². The molecule has 0 atom stereocenters. The molecule has 0 aliphatic heterocycles. The first-order valence-corrected chi connectivity index (χ1v) is 7.10. The summed E-state index contributed by atoms with van der Waals surface area (Å²) in [5, 5.41) is 13.5. The van der Waals surface area contributed by atoms with Crippen molar-refractivity contribution in [2.24, 2.45) is 0 Å². The van der Waals surface area contributed by atoms with Crippen LogP contribution in [0.4, 0.5) is 10.5 Å². The third kappa shape index (κ3) is 5.99. The number of ether oxygens (including phenoxy) is 2. The molecule has 1 amide bonds. The highest BCUT2D eigenvalue weighted by atomic mass is 16.6. The molecule has 22 heavy (non-hydrogen) atoms. The molecule has 0 spiro atoms. The third-order valence-electron chi connectivity index (χ3n) is 2.66. The second-order valence-electron chi connectivity index (χ2n) is 5.69. The van der Waals surface area contributed by atoms with Crippen LogP contribution in [0.25, 0.3) is 0 Å². The van der Waals surface area contributed by atoms with Gasteiger partial charge in [-0.3, -0.25) is 10.1 Å². The average Bonchev–Trinajstić information content (AvgIpc) is 2.41. The number of aryl methyl sites for hydroxylation is 1. The van der Waals surface area contributed by atoms with E-state index >= 15 is 0 Å². The first-order chi connectivity index (χ1) is 10.2. The highest BCUT2D eigenvalue weighted by Gasteiger charge is 2.17. The largest absolute Gasteiger partial charge is 0.485 e. The molecule has 0 unspecified atom stereocenters. The van der Waals surface area contributed by atoms with Crippen molar-refractivity contribution < 1.29 is 19.2 Å². The van der Waals surface area contributed by atoms with Crippen molar-refractivity contribution in [1.29, 1.82) is 0 Å². The monoisotopic (exact) mass is 310 g/mol. The lowest BCUT2D eigenvalue weighted by molar-refractivity contribution is -0.385. The number of carbonyl (C=O) groups excluding carboxylic acids is 1. The van der Waals surface area contributed by atoms with Crippen LogP contribution in [0.1, 0.15) is 33.3 Å². The van der Waals surface area contributed by atoms with Crippen molar-refractivity contribution in [2.75, 3.05) is 13.2 Å². The zero-order valence-corrected chi connectivity index (χ0v) is 13.3. The summed E-state index contributed by atoms with van der Waals surface area (Å²) >= 11 is 0. The number of carbonyl (C=O) groups is 1. The molecule has 7 heteroatoms. The zero-order chi connectivity index (χ0) is 16.8. The molecule has 1 N–H and O–H groups in total. The van der Waals surface area contributed by atoms with Crippen LogP contribution in [0.2, 0.25) is 0 Å². The van der Waals surface area contributed by atoms with Crippen LogP contribution < -0.4 is 10.1 Å². The minimum absolute atomic E-state index is 0.0726. The van der Waals surface area contributed by atoms with Crippen molar-refractivity contribution in [3.63, 3.8) is 0 Å². The Labute approximate surface area is 129 Å². The van der Waals surface area contributed by atoms with Gasteiger partial charge in [0.2, 0.25) is 0 Å². The molecule has 0 saturated carbocycles. The number of nitro groups is 1. The topological polar surface area (TPSA) is 90.7 Å². The highest BCUT2D eigenvalue weighted by molar-refractivity contribution is 5.67. The number of nitrogens with zero attached hydrogens (tertiary/aromatic N) is 1. The van der Waals surface area contributed by atoms with Crippen molar-refractivity contribution in [3.05, 3.63) is 33.9 Å². The van der Waals surface area contributed by atoms with Crippen molar-refractivity contribution >= 4 is 11.8 Å². The Kier molecular flexibility index (Phi) is 6.15. The van der Waals surface area contributed by atoms with Gasteiger partial charge in [0.25, 0.3) is 0 Å². The number of rotatable bonds is 6. The fraction of sp³-hybridized carbons (Fsp3) is 0.533. The fourth-order valence-electron chi connectivity index (χ4n) is 1.68. The van der Waals surface area contributed by atoms with Crippen LogP contribution in [0, 0.1) is 10.1 Å². The van der Waals surface area contributed by atoms with Crippen LogP contribution in [0.3, 0.4) is 0 Å². The number of benzene rings is 1. The minimum Gasteiger partial charge on any atom is -0.485 e. The van der Waals surface area contributed by atoms with E-state index < -0.39 is 16.6 Å². The number of hydrogen-bond acceptors (Lipinski definition) is 5. The van der Waals surface area contributed by atoms with E-state index in [1.165, 1.54) is 6.07 Å². The smallest absolute Gasteiger partial charge is 0.407 e. The predicted molar refractivity (Wildman–Crippen MR) is 82.2 cm³/mol. The molecule has 0 aliphatic carbocycles. The molecule has 0 fully saturated rings. The van der Waals surface area contributed by atoms with Gasteiger partial charge in [0.15, 0.2) is 5.75 Å². The molecule has 0 heterocycles. The number of alkyl carbamates (subject to hydrolysis) is 1. The first-order valence-electron chi connectivity index (χ1n) is 7.10. The molecule has 1 aromatic rings. The highest BCUT2D eigenvalue weighted by Crippen LogP contribution is 2.28. The maximum atomic E-state index is 11.4. The quantitative estimate of drug-likeness (QED) is 0.495. The first kappa shape index (κ1) is 17.7. The lowest BCUT2D eigenvalue weighted by atomic mass is 10.1. The van der Waals surface area contributed by atoms with E-state index in [1.54, 1.807) is 32.9 Å². The standard InChI is InChI=1S/C15H22N2O5/c1-5-11-6-7-13(12(10-11)17(19)20)21-9-8-16-14(18)22-15(2,3)4/h6-7,10H,5,8-9H2,1-4H3,(H,16,18). The number of nitrogens with one attached hydrogen (secondary N) is 1. The molecule has 0 saturated heterocycles. The number of amides is 1. The van der Waals surface area contributed by atoms with E-state index in [4.69, 9.17) is 9.47 Å². The molecule has 1 aromatic carbocycles. The van der Waals surface area contributed by atoms with Gasteiger partial charge in [-0.05, 0) is 38.8 Å². The van der Waals surface area contributed by atoms with Crippen LogP contribution in [0.15, 0.2) is 18.2 Å². The molecule has 0 aromatic heterocycles. The Bertz CT molecular complexity index is 537. The van der Waals surface area contributed by atoms with Crippen molar-refractivity contribution in [2.45, 2.75) is 39.7 Å². The van der Waals surface area contributed by atoms with E-state index in [0.717, 1.165) is 5.56 Å². The van der Waals surface area contributed by atoms with Gasteiger partial charge in [-0.1, -0.05) is 13.0 Å². The van der Waals surface area contributed by atoms with E-state index in [9.17, 15) is 14.9 Å². The molecule has 0 aliphatic rings. The Balaban J connectivity index is 2.52. The minimum atomic E-state index is -0.570. The maximum absolute atomic E-state index is 11.4. The van der Waals surface area contributed by atoms with Gasteiger partial charge in [0.1, 0.15) is 12.2 Å². The second kappa shape index (κ2) is 7.63. The van der Waals surface area contributed by atoms with Gasteiger partial charge in [-0.15, -0.1) is 0 Å². The maximum Gasteiger partial charge on any atom is 0.407 e. The molecular weight excluding hydrogens is 288 g/mol. The van der Waals surface area contributed by atoms with Crippen molar-refractivity contribution in [3.8, 4) is 5.75 Å². The van der Waals surface area contributed by atoms with E-state index in [-0.39, 0.29) is 24.6 Å². The van der Waals surface area contributed by atoms with Gasteiger partial charge in [-0.2, -0.15) is 0 Å². The summed E-state index contributed by atoms with van der Waals surface area (Å²) in [5.41, 5.74) is 0.224. The summed E-state index contributed by atoms with van der Waals surface area (Å²) in [6, 6.07) is 4.85.